The Balaban J connectivity index is 0.00000288. The topological polar surface area (TPSA) is 72.6 Å². The summed E-state index contributed by atoms with van der Waals surface area (Å²) >= 11 is 0. The van der Waals surface area contributed by atoms with Gasteiger partial charge in [0, 0.05) is 37.5 Å². The zero-order valence-electron chi connectivity index (χ0n) is 14.2. The maximum Gasteiger partial charge on any atom is 0.222 e. The van der Waals surface area contributed by atoms with E-state index in [0.29, 0.717) is 31.4 Å². The van der Waals surface area contributed by atoms with Crippen molar-refractivity contribution in [1.82, 2.24) is 4.90 Å². The minimum absolute atomic E-state index is 0. The zero-order chi connectivity index (χ0) is 16.7. The summed E-state index contributed by atoms with van der Waals surface area (Å²) in [5, 5.41) is 0. The third kappa shape index (κ3) is 5.49. The standard InChI is InChI=1S/C18H26N2O3.ClH/c1-23-16-10-8-14(9-11-16)17(21)6-4-7-18(22)20-12-3-2-5-15(20)13-19;/h8-11,15H,2-7,12-13,19H2,1H3;1H. The summed E-state index contributed by atoms with van der Waals surface area (Å²) in [5.41, 5.74) is 6.41. The largest absolute Gasteiger partial charge is 0.497 e. The van der Waals surface area contributed by atoms with Gasteiger partial charge in [-0.1, -0.05) is 0 Å². The normalized spacial score (nSPS) is 17.1. The van der Waals surface area contributed by atoms with Gasteiger partial charge in [-0.2, -0.15) is 0 Å². The molecule has 1 amide bonds. The summed E-state index contributed by atoms with van der Waals surface area (Å²) < 4.78 is 5.08. The molecule has 1 atom stereocenters. The molecule has 1 aromatic rings. The second-order valence-electron chi connectivity index (χ2n) is 5.98. The van der Waals surface area contributed by atoms with Gasteiger partial charge in [-0.05, 0) is 49.9 Å². The Morgan fingerprint density at radius 3 is 2.54 bits per heavy atom. The van der Waals surface area contributed by atoms with Crippen LogP contribution in [0.3, 0.4) is 0 Å². The molecule has 1 unspecified atom stereocenters. The fraction of sp³-hybridized carbons (Fsp3) is 0.556. The van der Waals surface area contributed by atoms with Gasteiger partial charge in [0.1, 0.15) is 5.75 Å². The van der Waals surface area contributed by atoms with Crippen molar-refractivity contribution in [2.24, 2.45) is 5.73 Å². The third-order valence-corrected chi connectivity index (χ3v) is 4.43. The van der Waals surface area contributed by atoms with Crippen LogP contribution >= 0.6 is 12.4 Å². The fourth-order valence-corrected chi connectivity index (χ4v) is 3.04. The molecule has 24 heavy (non-hydrogen) atoms. The molecule has 2 rings (SSSR count). The number of piperidine rings is 1. The Morgan fingerprint density at radius 2 is 1.92 bits per heavy atom. The Hall–Kier alpha value is -1.59. The molecule has 1 aliphatic rings. The zero-order valence-corrected chi connectivity index (χ0v) is 15.0. The van der Waals surface area contributed by atoms with Crippen molar-refractivity contribution < 1.29 is 14.3 Å². The highest BCUT2D eigenvalue weighted by Gasteiger charge is 2.25. The molecule has 1 aliphatic heterocycles. The first-order valence-electron chi connectivity index (χ1n) is 8.32. The molecule has 0 aliphatic carbocycles. The summed E-state index contributed by atoms with van der Waals surface area (Å²) in [4.78, 5) is 26.4. The number of rotatable bonds is 7. The molecule has 0 bridgehead atoms. The number of ketones is 1. The van der Waals surface area contributed by atoms with Gasteiger partial charge in [0.25, 0.3) is 0 Å². The van der Waals surface area contributed by atoms with E-state index >= 15 is 0 Å². The summed E-state index contributed by atoms with van der Waals surface area (Å²) in [6.07, 6.45) is 4.57. The van der Waals surface area contributed by atoms with Gasteiger partial charge < -0.3 is 15.4 Å². The predicted molar refractivity (Wildman–Crippen MR) is 96.8 cm³/mol. The Kier molecular flexibility index (Phi) is 8.79. The lowest BCUT2D eigenvalue weighted by molar-refractivity contribution is -0.134. The van der Waals surface area contributed by atoms with Gasteiger partial charge in [0.2, 0.25) is 5.91 Å². The van der Waals surface area contributed by atoms with Crippen molar-refractivity contribution in [3.05, 3.63) is 29.8 Å². The number of nitrogens with two attached hydrogens (primary N) is 1. The maximum absolute atomic E-state index is 12.3. The molecule has 1 heterocycles. The number of amides is 1. The van der Waals surface area contributed by atoms with Crippen LogP contribution in [0.4, 0.5) is 0 Å². The average Bonchev–Trinajstić information content (AvgIpc) is 2.61. The van der Waals surface area contributed by atoms with E-state index in [1.54, 1.807) is 31.4 Å². The highest BCUT2D eigenvalue weighted by molar-refractivity contribution is 5.96. The van der Waals surface area contributed by atoms with Gasteiger partial charge in [0.15, 0.2) is 5.78 Å². The summed E-state index contributed by atoms with van der Waals surface area (Å²) in [7, 11) is 1.59. The van der Waals surface area contributed by atoms with E-state index in [4.69, 9.17) is 10.5 Å². The van der Waals surface area contributed by atoms with Crippen LogP contribution in [-0.4, -0.2) is 42.8 Å². The lowest BCUT2D eigenvalue weighted by Crippen LogP contribution is -2.47. The molecule has 2 N–H and O–H groups in total. The van der Waals surface area contributed by atoms with Crippen molar-refractivity contribution in [3.8, 4) is 5.75 Å². The number of hydrogen-bond acceptors (Lipinski definition) is 4. The summed E-state index contributed by atoms with van der Waals surface area (Å²) in [5.74, 6) is 0.923. The summed E-state index contributed by atoms with van der Waals surface area (Å²) in [6, 6.07) is 7.25. The van der Waals surface area contributed by atoms with Crippen molar-refractivity contribution in [1.29, 1.82) is 0 Å². The number of nitrogens with zero attached hydrogens (tertiary/aromatic N) is 1. The Morgan fingerprint density at radius 1 is 1.21 bits per heavy atom. The molecular weight excluding hydrogens is 328 g/mol. The molecule has 0 radical (unpaired) electrons. The number of Topliss-reactive ketones (excluding diaryl/α,β-unsaturated/α-hetero) is 1. The van der Waals surface area contributed by atoms with Crippen molar-refractivity contribution >= 4 is 24.1 Å². The van der Waals surface area contributed by atoms with Crippen LogP contribution in [0.2, 0.25) is 0 Å². The van der Waals surface area contributed by atoms with E-state index in [-0.39, 0.29) is 30.1 Å². The minimum Gasteiger partial charge on any atom is -0.497 e. The van der Waals surface area contributed by atoms with Crippen molar-refractivity contribution in [2.75, 3.05) is 20.2 Å². The highest BCUT2D eigenvalue weighted by Crippen LogP contribution is 2.18. The lowest BCUT2D eigenvalue weighted by Gasteiger charge is -2.35. The first kappa shape index (κ1) is 20.5. The van der Waals surface area contributed by atoms with Crippen LogP contribution < -0.4 is 10.5 Å². The smallest absolute Gasteiger partial charge is 0.222 e. The van der Waals surface area contributed by atoms with Crippen LogP contribution in [0, 0.1) is 0 Å². The molecule has 0 saturated carbocycles. The first-order valence-corrected chi connectivity index (χ1v) is 8.32. The van der Waals surface area contributed by atoms with E-state index in [2.05, 4.69) is 0 Å². The Bertz CT molecular complexity index is 534. The van der Waals surface area contributed by atoms with E-state index < -0.39 is 0 Å². The van der Waals surface area contributed by atoms with Crippen LogP contribution in [0.5, 0.6) is 5.75 Å². The average molecular weight is 355 g/mol. The van der Waals surface area contributed by atoms with Crippen LogP contribution in [0.15, 0.2) is 24.3 Å². The second kappa shape index (κ2) is 10.3. The molecule has 1 fully saturated rings. The van der Waals surface area contributed by atoms with Crippen molar-refractivity contribution in [2.45, 2.75) is 44.6 Å². The molecule has 134 valence electrons. The molecule has 1 saturated heterocycles. The maximum atomic E-state index is 12.3. The number of carbonyl (C=O) groups excluding carboxylic acids is 2. The molecule has 6 heteroatoms. The monoisotopic (exact) mass is 354 g/mol. The number of carbonyl (C=O) groups is 2. The second-order valence-corrected chi connectivity index (χ2v) is 5.98. The number of hydrogen-bond donors (Lipinski definition) is 1. The number of methoxy groups -OCH3 is 1. The number of ether oxygens (including phenoxy) is 1. The Labute approximate surface area is 149 Å². The van der Waals surface area contributed by atoms with Gasteiger partial charge >= 0.3 is 0 Å². The van der Waals surface area contributed by atoms with Gasteiger partial charge in [-0.25, -0.2) is 0 Å². The highest BCUT2D eigenvalue weighted by atomic mass is 35.5. The van der Waals surface area contributed by atoms with E-state index in [0.717, 1.165) is 31.6 Å². The van der Waals surface area contributed by atoms with Gasteiger partial charge in [0.05, 0.1) is 7.11 Å². The fourth-order valence-electron chi connectivity index (χ4n) is 3.04. The van der Waals surface area contributed by atoms with Gasteiger partial charge in [-0.15, -0.1) is 12.4 Å². The SMILES string of the molecule is COc1ccc(C(=O)CCCC(=O)N2CCCCC2CN)cc1.Cl. The molecular formula is C18H27ClN2O3. The molecule has 0 spiro atoms. The van der Waals surface area contributed by atoms with Crippen LogP contribution in [0.25, 0.3) is 0 Å². The van der Waals surface area contributed by atoms with Crippen LogP contribution in [-0.2, 0) is 4.79 Å². The quantitative estimate of drug-likeness (QED) is 0.764. The van der Waals surface area contributed by atoms with Crippen molar-refractivity contribution in [3.63, 3.8) is 0 Å². The van der Waals surface area contributed by atoms with Gasteiger partial charge in [-0.3, -0.25) is 9.59 Å². The summed E-state index contributed by atoms with van der Waals surface area (Å²) in [6.45, 7) is 1.32. The van der Waals surface area contributed by atoms with Crippen LogP contribution in [0.1, 0.15) is 48.9 Å². The predicted octanol–water partition coefficient (Wildman–Crippen LogP) is 2.81. The third-order valence-electron chi connectivity index (χ3n) is 4.43. The molecule has 0 aromatic heterocycles. The van der Waals surface area contributed by atoms with E-state index in [1.807, 2.05) is 4.90 Å². The van der Waals surface area contributed by atoms with E-state index in [1.165, 1.54) is 0 Å². The minimum atomic E-state index is 0. The number of halogens is 1. The number of likely N-dealkylation sites (tertiary alicyclic amines) is 1. The lowest BCUT2D eigenvalue weighted by atomic mass is 10.0. The first-order chi connectivity index (χ1) is 11.2. The molecule has 1 aromatic carbocycles. The molecule has 5 nitrogen and oxygen atoms in total. The number of benzene rings is 1. The van der Waals surface area contributed by atoms with E-state index in [9.17, 15) is 9.59 Å².